The third-order valence-corrected chi connectivity index (χ3v) is 4.68. The molecule has 1 aromatic heterocycles. The van der Waals surface area contributed by atoms with Gasteiger partial charge >= 0.3 is 5.97 Å². The number of hydrogen-bond donors (Lipinski definition) is 1. The number of carbonyl (C=O) groups excluding carboxylic acids is 1. The Morgan fingerprint density at radius 1 is 0.833 bits per heavy atom. The number of pyridine rings is 1. The van der Waals surface area contributed by atoms with Crippen LogP contribution in [0.15, 0.2) is 85.2 Å². The summed E-state index contributed by atoms with van der Waals surface area (Å²) < 4.78 is 5.64. The molecule has 0 spiro atoms. The van der Waals surface area contributed by atoms with E-state index in [1.54, 1.807) is 6.20 Å². The van der Waals surface area contributed by atoms with Gasteiger partial charge in [0.15, 0.2) is 0 Å². The van der Waals surface area contributed by atoms with Gasteiger partial charge in [-0.1, -0.05) is 60.7 Å². The van der Waals surface area contributed by atoms with Crippen LogP contribution >= 0.6 is 0 Å². The number of aromatic nitrogens is 1. The smallest absolute Gasteiger partial charge is 0.340 e. The standard InChI is InChI=1S/C26H24N2O2/c1-26(2,3)30-25(29)22-14-13-19(18-9-5-4-6-10-18)15-23(22)28-24-17-27-16-20-11-7-8-12-21(20)24/h4-17,28H,1-3H3. The van der Waals surface area contributed by atoms with Gasteiger partial charge in [0.05, 0.1) is 23.1 Å². The zero-order valence-electron chi connectivity index (χ0n) is 17.3. The normalized spacial score (nSPS) is 11.3. The second-order valence-electron chi connectivity index (χ2n) is 8.16. The van der Waals surface area contributed by atoms with Crippen molar-refractivity contribution in [3.63, 3.8) is 0 Å². The summed E-state index contributed by atoms with van der Waals surface area (Å²) in [4.78, 5) is 17.2. The predicted molar refractivity (Wildman–Crippen MR) is 122 cm³/mol. The molecule has 3 aromatic carbocycles. The number of benzene rings is 3. The number of carbonyl (C=O) groups is 1. The van der Waals surface area contributed by atoms with Gasteiger partial charge in [0.2, 0.25) is 0 Å². The lowest BCUT2D eigenvalue weighted by atomic mass is 10.0. The molecule has 0 aliphatic rings. The van der Waals surface area contributed by atoms with Crippen LogP contribution in [-0.2, 0) is 4.74 Å². The Morgan fingerprint density at radius 2 is 1.57 bits per heavy atom. The summed E-state index contributed by atoms with van der Waals surface area (Å²) >= 11 is 0. The van der Waals surface area contributed by atoms with Crippen molar-refractivity contribution in [3.8, 4) is 11.1 Å². The van der Waals surface area contributed by atoms with Gasteiger partial charge in [-0.25, -0.2) is 4.79 Å². The molecule has 4 rings (SSSR count). The number of nitrogens with one attached hydrogen (secondary N) is 1. The van der Waals surface area contributed by atoms with Crippen molar-refractivity contribution in [3.05, 3.63) is 90.8 Å². The zero-order chi connectivity index (χ0) is 21.1. The SMILES string of the molecule is CC(C)(C)OC(=O)c1ccc(-c2ccccc2)cc1Nc1cncc2ccccc12. The van der Waals surface area contributed by atoms with Crippen LogP contribution in [0.5, 0.6) is 0 Å². The molecule has 0 saturated carbocycles. The number of fused-ring (bicyclic) bond motifs is 1. The van der Waals surface area contributed by atoms with Crippen molar-refractivity contribution < 1.29 is 9.53 Å². The summed E-state index contributed by atoms with van der Waals surface area (Å²) in [6, 6.07) is 23.8. The number of nitrogens with zero attached hydrogens (tertiary/aromatic N) is 1. The summed E-state index contributed by atoms with van der Waals surface area (Å²) in [6.07, 6.45) is 3.60. The van der Waals surface area contributed by atoms with Crippen molar-refractivity contribution in [1.82, 2.24) is 4.98 Å². The highest BCUT2D eigenvalue weighted by Gasteiger charge is 2.21. The molecule has 1 N–H and O–H groups in total. The maximum atomic E-state index is 12.9. The van der Waals surface area contributed by atoms with Crippen molar-refractivity contribution >= 4 is 28.1 Å². The average Bonchev–Trinajstić information content (AvgIpc) is 2.73. The lowest BCUT2D eigenvalue weighted by Crippen LogP contribution is -2.24. The maximum Gasteiger partial charge on any atom is 0.340 e. The van der Waals surface area contributed by atoms with Crippen LogP contribution in [0.2, 0.25) is 0 Å². The van der Waals surface area contributed by atoms with E-state index in [0.29, 0.717) is 11.3 Å². The Bertz CT molecular complexity index is 1190. The second-order valence-corrected chi connectivity index (χ2v) is 8.16. The Labute approximate surface area is 176 Å². The van der Waals surface area contributed by atoms with E-state index in [1.807, 2.05) is 99.8 Å². The fraction of sp³-hybridized carbons (Fsp3) is 0.154. The first kappa shape index (κ1) is 19.6. The van der Waals surface area contributed by atoms with Gasteiger partial charge in [-0.3, -0.25) is 4.98 Å². The molecule has 0 aliphatic carbocycles. The Balaban J connectivity index is 1.81. The molecular weight excluding hydrogens is 372 g/mol. The lowest BCUT2D eigenvalue weighted by Gasteiger charge is -2.21. The molecule has 0 unspecified atom stereocenters. The summed E-state index contributed by atoms with van der Waals surface area (Å²) in [5, 5.41) is 5.49. The molecule has 0 radical (unpaired) electrons. The molecular formula is C26H24N2O2. The van der Waals surface area contributed by atoms with Gasteiger partial charge in [0, 0.05) is 17.0 Å². The van der Waals surface area contributed by atoms with E-state index in [0.717, 1.165) is 27.6 Å². The zero-order valence-corrected chi connectivity index (χ0v) is 17.3. The minimum atomic E-state index is -0.576. The van der Waals surface area contributed by atoms with Crippen molar-refractivity contribution in [2.24, 2.45) is 0 Å². The molecule has 0 aliphatic heterocycles. The summed E-state index contributed by atoms with van der Waals surface area (Å²) in [5.74, 6) is -0.363. The van der Waals surface area contributed by atoms with Crippen LogP contribution in [0.1, 0.15) is 31.1 Å². The highest BCUT2D eigenvalue weighted by Crippen LogP contribution is 2.31. The molecule has 4 nitrogen and oxygen atoms in total. The lowest BCUT2D eigenvalue weighted by molar-refractivity contribution is 0.00708. The van der Waals surface area contributed by atoms with Gasteiger partial charge < -0.3 is 10.1 Å². The Hall–Kier alpha value is -3.66. The fourth-order valence-electron chi connectivity index (χ4n) is 3.33. The molecule has 0 bridgehead atoms. The van der Waals surface area contributed by atoms with Gasteiger partial charge in [-0.05, 0) is 44.0 Å². The van der Waals surface area contributed by atoms with Crippen molar-refractivity contribution in [2.45, 2.75) is 26.4 Å². The van der Waals surface area contributed by atoms with Gasteiger partial charge in [-0.2, -0.15) is 0 Å². The van der Waals surface area contributed by atoms with Crippen LogP contribution in [-0.4, -0.2) is 16.6 Å². The molecule has 0 fully saturated rings. The van der Waals surface area contributed by atoms with E-state index in [4.69, 9.17) is 4.74 Å². The van der Waals surface area contributed by atoms with E-state index in [9.17, 15) is 4.79 Å². The number of esters is 1. The minimum Gasteiger partial charge on any atom is -0.456 e. The highest BCUT2D eigenvalue weighted by atomic mass is 16.6. The number of ether oxygens (including phenoxy) is 1. The molecule has 1 heterocycles. The number of hydrogen-bond acceptors (Lipinski definition) is 4. The first-order valence-electron chi connectivity index (χ1n) is 9.93. The molecule has 4 heteroatoms. The minimum absolute atomic E-state index is 0.363. The summed E-state index contributed by atoms with van der Waals surface area (Å²) in [5.41, 5.74) is 3.52. The van der Waals surface area contributed by atoms with E-state index in [-0.39, 0.29) is 5.97 Å². The monoisotopic (exact) mass is 396 g/mol. The summed E-state index contributed by atoms with van der Waals surface area (Å²) in [7, 11) is 0. The maximum absolute atomic E-state index is 12.9. The topological polar surface area (TPSA) is 51.2 Å². The van der Waals surface area contributed by atoms with E-state index in [2.05, 4.69) is 10.3 Å². The molecule has 150 valence electrons. The van der Waals surface area contributed by atoms with Crippen LogP contribution in [0.25, 0.3) is 21.9 Å². The van der Waals surface area contributed by atoms with E-state index in [1.165, 1.54) is 0 Å². The van der Waals surface area contributed by atoms with E-state index >= 15 is 0 Å². The second kappa shape index (κ2) is 7.99. The fourth-order valence-corrected chi connectivity index (χ4v) is 3.33. The van der Waals surface area contributed by atoms with Gasteiger partial charge in [0.25, 0.3) is 0 Å². The molecule has 30 heavy (non-hydrogen) atoms. The quantitative estimate of drug-likeness (QED) is 0.395. The highest BCUT2D eigenvalue weighted by molar-refractivity contribution is 6.01. The third kappa shape index (κ3) is 4.33. The van der Waals surface area contributed by atoms with Crippen LogP contribution < -0.4 is 5.32 Å². The predicted octanol–water partition coefficient (Wildman–Crippen LogP) is 6.60. The first-order chi connectivity index (χ1) is 14.4. The largest absolute Gasteiger partial charge is 0.456 e. The average molecular weight is 396 g/mol. The van der Waals surface area contributed by atoms with Crippen molar-refractivity contribution in [2.75, 3.05) is 5.32 Å². The first-order valence-corrected chi connectivity index (χ1v) is 9.93. The molecule has 0 saturated heterocycles. The van der Waals surface area contributed by atoms with E-state index < -0.39 is 5.60 Å². The van der Waals surface area contributed by atoms with Crippen LogP contribution in [0.3, 0.4) is 0 Å². The number of rotatable bonds is 4. The Morgan fingerprint density at radius 3 is 2.33 bits per heavy atom. The van der Waals surface area contributed by atoms with Gasteiger partial charge in [-0.15, -0.1) is 0 Å². The number of anilines is 2. The van der Waals surface area contributed by atoms with Crippen LogP contribution in [0.4, 0.5) is 11.4 Å². The van der Waals surface area contributed by atoms with Crippen molar-refractivity contribution in [1.29, 1.82) is 0 Å². The summed E-state index contributed by atoms with van der Waals surface area (Å²) in [6.45, 7) is 5.60. The van der Waals surface area contributed by atoms with Crippen LogP contribution in [0, 0.1) is 0 Å². The third-order valence-electron chi connectivity index (χ3n) is 4.68. The Kier molecular flexibility index (Phi) is 5.23. The molecule has 0 amide bonds. The molecule has 4 aromatic rings. The van der Waals surface area contributed by atoms with Gasteiger partial charge in [0.1, 0.15) is 5.60 Å². The molecule has 0 atom stereocenters.